The zero-order valence-corrected chi connectivity index (χ0v) is 11.8. The van der Waals surface area contributed by atoms with Gasteiger partial charge < -0.3 is 10.2 Å². The molecule has 2 aliphatic rings. The molecule has 0 spiro atoms. The normalized spacial score (nSPS) is 29.1. The summed E-state index contributed by atoms with van der Waals surface area (Å²) in [5, 5.41) is 3.45. The highest BCUT2D eigenvalue weighted by Gasteiger charge is 2.29. The molecule has 2 rings (SSSR count). The van der Waals surface area contributed by atoms with Crippen molar-refractivity contribution in [3.63, 3.8) is 0 Å². The Morgan fingerprint density at radius 1 is 1.00 bits per heavy atom. The van der Waals surface area contributed by atoms with E-state index in [9.17, 15) is 0 Å². The van der Waals surface area contributed by atoms with Crippen molar-refractivity contribution >= 4 is 0 Å². The van der Waals surface area contributed by atoms with E-state index in [1.807, 2.05) is 0 Å². The molecular formula is C14H29N3. The average Bonchev–Trinajstić information content (AvgIpc) is 2.39. The van der Waals surface area contributed by atoms with Gasteiger partial charge in [0.05, 0.1) is 0 Å². The highest BCUT2D eigenvalue weighted by atomic mass is 15.2. The van der Waals surface area contributed by atoms with Crippen LogP contribution in [0, 0.1) is 11.8 Å². The molecule has 2 heterocycles. The molecule has 0 bridgehead atoms. The SMILES string of the molecule is CC(C1CCN(C)CC1)C(C)N1CCNCC1. The Morgan fingerprint density at radius 2 is 1.59 bits per heavy atom. The molecule has 0 aliphatic carbocycles. The number of rotatable bonds is 3. The van der Waals surface area contributed by atoms with Gasteiger partial charge in [0.25, 0.3) is 0 Å². The minimum Gasteiger partial charge on any atom is -0.314 e. The lowest BCUT2D eigenvalue weighted by atomic mass is 9.81. The van der Waals surface area contributed by atoms with E-state index in [2.05, 4.69) is 36.0 Å². The van der Waals surface area contributed by atoms with E-state index in [4.69, 9.17) is 0 Å². The second-order valence-corrected chi connectivity index (χ2v) is 6.03. The average molecular weight is 239 g/mol. The largest absolute Gasteiger partial charge is 0.314 e. The van der Waals surface area contributed by atoms with Crippen LogP contribution >= 0.6 is 0 Å². The molecule has 3 nitrogen and oxygen atoms in total. The first kappa shape index (κ1) is 13.3. The van der Waals surface area contributed by atoms with Crippen molar-refractivity contribution in [3.8, 4) is 0 Å². The summed E-state index contributed by atoms with van der Waals surface area (Å²) in [6, 6.07) is 0.755. The summed E-state index contributed by atoms with van der Waals surface area (Å²) in [5.74, 6) is 1.79. The minimum atomic E-state index is 0.755. The van der Waals surface area contributed by atoms with Crippen molar-refractivity contribution in [2.75, 3.05) is 46.3 Å². The number of nitrogens with zero attached hydrogens (tertiary/aromatic N) is 2. The lowest BCUT2D eigenvalue weighted by Gasteiger charge is -2.41. The lowest BCUT2D eigenvalue weighted by Crippen LogP contribution is -2.51. The number of nitrogens with one attached hydrogen (secondary N) is 1. The molecule has 2 saturated heterocycles. The predicted octanol–water partition coefficient (Wildman–Crippen LogP) is 1.26. The number of piperazine rings is 1. The second-order valence-electron chi connectivity index (χ2n) is 6.03. The van der Waals surface area contributed by atoms with Crippen LogP contribution in [0.1, 0.15) is 26.7 Å². The van der Waals surface area contributed by atoms with E-state index in [1.54, 1.807) is 0 Å². The topological polar surface area (TPSA) is 18.5 Å². The summed E-state index contributed by atoms with van der Waals surface area (Å²) in [6.45, 7) is 12.3. The van der Waals surface area contributed by atoms with Crippen molar-refractivity contribution < 1.29 is 0 Å². The summed E-state index contributed by atoms with van der Waals surface area (Å²) in [4.78, 5) is 5.15. The lowest BCUT2D eigenvalue weighted by molar-refractivity contribution is 0.0855. The number of likely N-dealkylation sites (tertiary alicyclic amines) is 1. The highest BCUT2D eigenvalue weighted by Crippen LogP contribution is 2.28. The van der Waals surface area contributed by atoms with Crippen molar-refractivity contribution in [1.29, 1.82) is 0 Å². The summed E-state index contributed by atoms with van der Waals surface area (Å²) in [7, 11) is 2.25. The molecule has 100 valence electrons. The zero-order chi connectivity index (χ0) is 12.3. The minimum absolute atomic E-state index is 0.755. The van der Waals surface area contributed by atoms with Gasteiger partial charge in [0.2, 0.25) is 0 Å². The van der Waals surface area contributed by atoms with E-state index in [0.29, 0.717) is 0 Å². The molecule has 2 atom stereocenters. The van der Waals surface area contributed by atoms with Crippen molar-refractivity contribution in [3.05, 3.63) is 0 Å². The Labute approximate surface area is 107 Å². The Hall–Kier alpha value is -0.120. The highest BCUT2D eigenvalue weighted by molar-refractivity contribution is 4.83. The third-order valence-electron chi connectivity index (χ3n) is 5.00. The third kappa shape index (κ3) is 3.43. The van der Waals surface area contributed by atoms with E-state index in [0.717, 1.165) is 17.9 Å². The Kier molecular flexibility index (Phi) is 4.83. The maximum absolute atomic E-state index is 3.45. The van der Waals surface area contributed by atoms with E-state index in [-0.39, 0.29) is 0 Å². The first-order chi connectivity index (χ1) is 8.18. The molecule has 2 aliphatic heterocycles. The molecule has 2 fully saturated rings. The van der Waals surface area contributed by atoms with Gasteiger partial charge in [0.1, 0.15) is 0 Å². The van der Waals surface area contributed by atoms with Crippen LogP contribution in [-0.2, 0) is 0 Å². The molecule has 1 N–H and O–H groups in total. The summed E-state index contributed by atoms with van der Waals surface area (Å²) < 4.78 is 0. The Morgan fingerprint density at radius 3 is 2.18 bits per heavy atom. The van der Waals surface area contributed by atoms with Crippen molar-refractivity contribution in [2.24, 2.45) is 11.8 Å². The van der Waals surface area contributed by atoms with Crippen LogP contribution in [-0.4, -0.2) is 62.2 Å². The van der Waals surface area contributed by atoms with Crippen LogP contribution in [0.2, 0.25) is 0 Å². The van der Waals surface area contributed by atoms with Crippen LogP contribution in [0.15, 0.2) is 0 Å². The maximum Gasteiger partial charge on any atom is 0.0110 e. The van der Waals surface area contributed by atoms with Crippen LogP contribution in [0.3, 0.4) is 0 Å². The first-order valence-electron chi connectivity index (χ1n) is 7.32. The molecule has 17 heavy (non-hydrogen) atoms. The van der Waals surface area contributed by atoms with Crippen LogP contribution in [0.5, 0.6) is 0 Å². The maximum atomic E-state index is 3.45. The van der Waals surface area contributed by atoms with Crippen LogP contribution in [0.25, 0.3) is 0 Å². The smallest absolute Gasteiger partial charge is 0.0110 e. The van der Waals surface area contributed by atoms with Gasteiger partial charge in [-0.15, -0.1) is 0 Å². The molecule has 0 saturated carbocycles. The first-order valence-corrected chi connectivity index (χ1v) is 7.32. The molecule has 0 radical (unpaired) electrons. The van der Waals surface area contributed by atoms with Gasteiger partial charge in [0.15, 0.2) is 0 Å². The second kappa shape index (κ2) is 6.17. The molecular weight excluding hydrogens is 210 g/mol. The summed E-state index contributed by atoms with van der Waals surface area (Å²) in [5.41, 5.74) is 0. The van der Waals surface area contributed by atoms with Gasteiger partial charge in [-0.1, -0.05) is 6.92 Å². The fourth-order valence-electron chi connectivity index (χ4n) is 3.37. The monoisotopic (exact) mass is 239 g/mol. The Bertz CT molecular complexity index is 218. The fraction of sp³-hybridized carbons (Fsp3) is 1.00. The Balaban J connectivity index is 1.83. The number of hydrogen-bond donors (Lipinski definition) is 1. The van der Waals surface area contributed by atoms with E-state index in [1.165, 1.54) is 52.1 Å². The van der Waals surface area contributed by atoms with Crippen molar-refractivity contribution in [2.45, 2.75) is 32.7 Å². The molecule has 3 heteroatoms. The van der Waals surface area contributed by atoms with Gasteiger partial charge >= 0.3 is 0 Å². The number of hydrogen-bond acceptors (Lipinski definition) is 3. The number of piperidine rings is 1. The van der Waals surface area contributed by atoms with Gasteiger partial charge in [0, 0.05) is 32.2 Å². The molecule has 0 amide bonds. The molecule has 0 aromatic heterocycles. The van der Waals surface area contributed by atoms with Gasteiger partial charge in [-0.2, -0.15) is 0 Å². The summed E-state index contributed by atoms with van der Waals surface area (Å²) in [6.07, 6.45) is 2.79. The third-order valence-corrected chi connectivity index (χ3v) is 5.00. The standard InChI is InChI=1S/C14H29N3/c1-12(14-4-8-16(3)9-5-14)13(2)17-10-6-15-7-11-17/h12-15H,4-11H2,1-3H3. The van der Waals surface area contributed by atoms with Gasteiger partial charge in [-0.3, -0.25) is 4.90 Å². The van der Waals surface area contributed by atoms with Gasteiger partial charge in [-0.25, -0.2) is 0 Å². The van der Waals surface area contributed by atoms with Crippen LogP contribution < -0.4 is 5.32 Å². The van der Waals surface area contributed by atoms with Crippen molar-refractivity contribution in [1.82, 2.24) is 15.1 Å². The quantitative estimate of drug-likeness (QED) is 0.800. The van der Waals surface area contributed by atoms with Crippen LogP contribution in [0.4, 0.5) is 0 Å². The molecule has 2 unspecified atom stereocenters. The summed E-state index contributed by atoms with van der Waals surface area (Å²) >= 11 is 0. The van der Waals surface area contributed by atoms with Gasteiger partial charge in [-0.05, 0) is 51.7 Å². The zero-order valence-electron chi connectivity index (χ0n) is 11.8. The van der Waals surface area contributed by atoms with E-state index < -0.39 is 0 Å². The fourth-order valence-corrected chi connectivity index (χ4v) is 3.37. The molecule has 0 aromatic rings. The molecule has 0 aromatic carbocycles. The van der Waals surface area contributed by atoms with E-state index >= 15 is 0 Å². The predicted molar refractivity (Wildman–Crippen MR) is 73.3 cm³/mol.